The van der Waals surface area contributed by atoms with E-state index in [0.717, 1.165) is 10.9 Å². The summed E-state index contributed by atoms with van der Waals surface area (Å²) in [4.78, 5) is 20.2. The highest BCUT2D eigenvalue weighted by atomic mass is 35.5. The lowest BCUT2D eigenvalue weighted by molar-refractivity contribution is 0.256. The number of primary amides is 1. The molecule has 2 heterocycles. The van der Waals surface area contributed by atoms with Crippen LogP contribution in [0.5, 0.6) is 0 Å². The molecule has 2 aromatic heterocycles. The molecule has 1 aromatic carbocycles. The molecule has 2 amide bonds. The number of benzene rings is 1. The Morgan fingerprint density at radius 3 is 2.75 bits per heavy atom. The number of H-pyrrole nitrogens is 1. The van der Waals surface area contributed by atoms with Crippen LogP contribution in [-0.2, 0) is 0 Å². The number of aromatic amines is 1. The number of anilines is 2. The fraction of sp³-hybridized carbons (Fsp3) is 0. The Balaban J connectivity index is 0.00000147. The fourth-order valence-electron chi connectivity index (χ4n) is 2.07. The van der Waals surface area contributed by atoms with Gasteiger partial charge in [0.1, 0.15) is 0 Å². The van der Waals surface area contributed by atoms with Gasteiger partial charge in [0.15, 0.2) is 0 Å². The molecule has 5 nitrogen and oxygen atoms in total. The second-order valence-corrected chi connectivity index (χ2v) is 4.13. The SMILES string of the molecule is Cl.NC(=O)N(c1cccnc1)c1ccc2[nH]ccc2c1. The van der Waals surface area contributed by atoms with Gasteiger partial charge in [-0.05, 0) is 36.4 Å². The van der Waals surface area contributed by atoms with Crippen LogP contribution in [0.3, 0.4) is 0 Å². The molecule has 20 heavy (non-hydrogen) atoms. The molecule has 3 rings (SSSR count). The van der Waals surface area contributed by atoms with E-state index in [1.54, 1.807) is 24.5 Å². The summed E-state index contributed by atoms with van der Waals surface area (Å²) in [6.07, 6.45) is 5.11. The molecule has 0 aliphatic carbocycles. The van der Waals surface area contributed by atoms with Gasteiger partial charge < -0.3 is 10.7 Å². The van der Waals surface area contributed by atoms with E-state index in [1.165, 1.54) is 4.90 Å². The van der Waals surface area contributed by atoms with Gasteiger partial charge in [0.25, 0.3) is 0 Å². The minimum absolute atomic E-state index is 0. The van der Waals surface area contributed by atoms with Crippen LogP contribution >= 0.6 is 12.4 Å². The van der Waals surface area contributed by atoms with Crippen molar-refractivity contribution in [2.24, 2.45) is 5.73 Å². The predicted molar refractivity (Wildman–Crippen MR) is 81.5 cm³/mol. The lowest BCUT2D eigenvalue weighted by Crippen LogP contribution is -2.31. The van der Waals surface area contributed by atoms with Gasteiger partial charge >= 0.3 is 6.03 Å². The standard InChI is InChI=1S/C14H12N4O.ClH/c15-14(19)18(12-2-1-6-16-9-12)11-3-4-13-10(8-11)5-7-17-13;/h1-9,17H,(H2,15,19);1H. The van der Waals surface area contributed by atoms with Gasteiger partial charge in [-0.2, -0.15) is 0 Å². The second kappa shape index (κ2) is 5.63. The van der Waals surface area contributed by atoms with E-state index >= 15 is 0 Å². The van der Waals surface area contributed by atoms with Crippen LogP contribution in [-0.4, -0.2) is 16.0 Å². The first kappa shape index (κ1) is 13.9. The molecule has 102 valence electrons. The van der Waals surface area contributed by atoms with Gasteiger partial charge in [0.2, 0.25) is 0 Å². The predicted octanol–water partition coefficient (Wildman–Crippen LogP) is 3.20. The van der Waals surface area contributed by atoms with Crippen molar-refractivity contribution in [2.45, 2.75) is 0 Å². The summed E-state index contributed by atoms with van der Waals surface area (Å²) in [5, 5.41) is 1.02. The molecule has 6 heteroatoms. The molecule has 0 saturated carbocycles. The summed E-state index contributed by atoms with van der Waals surface area (Å²) in [6.45, 7) is 0. The number of hydrogen-bond acceptors (Lipinski definition) is 2. The number of rotatable bonds is 2. The van der Waals surface area contributed by atoms with Crippen molar-refractivity contribution in [1.82, 2.24) is 9.97 Å². The van der Waals surface area contributed by atoms with Crippen LogP contribution in [0.4, 0.5) is 16.2 Å². The van der Waals surface area contributed by atoms with E-state index in [2.05, 4.69) is 9.97 Å². The van der Waals surface area contributed by atoms with Gasteiger partial charge in [-0.1, -0.05) is 0 Å². The van der Waals surface area contributed by atoms with Crippen molar-refractivity contribution in [2.75, 3.05) is 4.90 Å². The van der Waals surface area contributed by atoms with E-state index in [1.807, 2.05) is 30.5 Å². The first-order valence-corrected chi connectivity index (χ1v) is 5.82. The van der Waals surface area contributed by atoms with Gasteiger partial charge in [0, 0.05) is 23.3 Å². The first-order chi connectivity index (χ1) is 9.25. The molecule has 0 atom stereocenters. The number of hydrogen-bond donors (Lipinski definition) is 2. The maximum Gasteiger partial charge on any atom is 0.323 e. The number of fused-ring (bicyclic) bond motifs is 1. The van der Waals surface area contributed by atoms with E-state index in [0.29, 0.717) is 11.4 Å². The molecule has 0 radical (unpaired) electrons. The normalized spacial score (nSPS) is 10.0. The number of aromatic nitrogens is 2. The number of nitrogens with two attached hydrogens (primary N) is 1. The molecule has 0 saturated heterocycles. The Morgan fingerprint density at radius 2 is 2.05 bits per heavy atom. The van der Waals surface area contributed by atoms with Gasteiger partial charge in [0.05, 0.1) is 17.6 Å². The third kappa shape index (κ3) is 2.44. The third-order valence-corrected chi connectivity index (χ3v) is 2.92. The Labute approximate surface area is 121 Å². The Bertz CT molecular complexity index is 726. The summed E-state index contributed by atoms with van der Waals surface area (Å²) >= 11 is 0. The summed E-state index contributed by atoms with van der Waals surface area (Å²) in [7, 11) is 0. The summed E-state index contributed by atoms with van der Waals surface area (Å²) in [5.74, 6) is 0. The molecule has 3 aromatic rings. The van der Waals surface area contributed by atoms with Gasteiger partial charge in [-0.15, -0.1) is 12.4 Å². The van der Waals surface area contributed by atoms with Crippen molar-refractivity contribution >= 4 is 40.7 Å². The molecule has 0 aliphatic heterocycles. The number of nitrogens with zero attached hydrogens (tertiary/aromatic N) is 2. The monoisotopic (exact) mass is 288 g/mol. The number of urea groups is 1. The van der Waals surface area contributed by atoms with Crippen molar-refractivity contribution < 1.29 is 4.79 Å². The summed E-state index contributed by atoms with van der Waals surface area (Å²) < 4.78 is 0. The Kier molecular flexibility index (Phi) is 3.91. The number of carbonyl (C=O) groups is 1. The zero-order valence-corrected chi connectivity index (χ0v) is 11.3. The van der Waals surface area contributed by atoms with Gasteiger partial charge in [-0.25, -0.2) is 4.79 Å². The molecule has 0 fully saturated rings. The third-order valence-electron chi connectivity index (χ3n) is 2.92. The average Bonchev–Trinajstić information content (AvgIpc) is 2.87. The smallest absolute Gasteiger partial charge is 0.323 e. The Hall–Kier alpha value is -2.53. The minimum atomic E-state index is -0.539. The molecule has 3 N–H and O–H groups in total. The Morgan fingerprint density at radius 1 is 1.20 bits per heavy atom. The van der Waals surface area contributed by atoms with Crippen molar-refractivity contribution in [1.29, 1.82) is 0 Å². The lowest BCUT2D eigenvalue weighted by Gasteiger charge is -2.20. The van der Waals surface area contributed by atoms with Crippen molar-refractivity contribution in [3.63, 3.8) is 0 Å². The van der Waals surface area contributed by atoms with Crippen LogP contribution in [0.2, 0.25) is 0 Å². The highest BCUT2D eigenvalue weighted by Crippen LogP contribution is 2.27. The maximum atomic E-state index is 11.7. The molecule has 0 spiro atoms. The van der Waals surface area contributed by atoms with Crippen LogP contribution in [0.25, 0.3) is 10.9 Å². The van der Waals surface area contributed by atoms with E-state index in [9.17, 15) is 4.79 Å². The maximum absolute atomic E-state index is 11.7. The summed E-state index contributed by atoms with van der Waals surface area (Å²) in [6, 6.07) is 10.6. The molecule has 0 unspecified atom stereocenters. The van der Waals surface area contributed by atoms with Crippen LogP contribution < -0.4 is 10.6 Å². The quantitative estimate of drug-likeness (QED) is 0.760. The van der Waals surface area contributed by atoms with Crippen molar-refractivity contribution in [3.8, 4) is 0 Å². The summed E-state index contributed by atoms with van der Waals surface area (Å²) in [5.41, 5.74) is 7.84. The van der Waals surface area contributed by atoms with Crippen LogP contribution in [0.15, 0.2) is 55.0 Å². The number of halogens is 1. The van der Waals surface area contributed by atoms with E-state index in [4.69, 9.17) is 5.73 Å². The fourth-order valence-corrected chi connectivity index (χ4v) is 2.07. The highest BCUT2D eigenvalue weighted by Gasteiger charge is 2.15. The molecular weight excluding hydrogens is 276 g/mol. The molecule has 0 aliphatic rings. The van der Waals surface area contributed by atoms with Crippen LogP contribution in [0, 0.1) is 0 Å². The second-order valence-electron chi connectivity index (χ2n) is 4.13. The number of pyridine rings is 1. The van der Waals surface area contributed by atoms with Crippen molar-refractivity contribution in [3.05, 3.63) is 55.0 Å². The molecule has 0 bridgehead atoms. The van der Waals surface area contributed by atoms with Gasteiger partial charge in [-0.3, -0.25) is 9.88 Å². The largest absolute Gasteiger partial charge is 0.361 e. The topological polar surface area (TPSA) is 75.0 Å². The van der Waals surface area contributed by atoms with E-state index < -0.39 is 6.03 Å². The lowest BCUT2D eigenvalue weighted by atomic mass is 10.2. The van der Waals surface area contributed by atoms with E-state index in [-0.39, 0.29) is 12.4 Å². The first-order valence-electron chi connectivity index (χ1n) is 5.82. The number of amides is 2. The highest BCUT2D eigenvalue weighted by molar-refractivity contribution is 6.00. The zero-order valence-electron chi connectivity index (χ0n) is 10.5. The van der Waals surface area contributed by atoms with Crippen LogP contribution in [0.1, 0.15) is 0 Å². The number of carbonyl (C=O) groups excluding carboxylic acids is 1. The zero-order chi connectivity index (χ0) is 13.2. The number of nitrogens with one attached hydrogen (secondary N) is 1. The average molecular weight is 289 g/mol. The minimum Gasteiger partial charge on any atom is -0.361 e. The molecular formula is C14H13ClN4O.